The Morgan fingerprint density at radius 1 is 1.33 bits per heavy atom. The highest BCUT2D eigenvalue weighted by atomic mass is 15.1. The van der Waals surface area contributed by atoms with E-state index in [1.54, 1.807) is 0 Å². The van der Waals surface area contributed by atoms with Crippen LogP contribution in [0.15, 0.2) is 6.07 Å². The van der Waals surface area contributed by atoms with Gasteiger partial charge in [-0.05, 0) is 32.4 Å². The van der Waals surface area contributed by atoms with E-state index in [1.165, 1.54) is 16.9 Å². The molecule has 15 heavy (non-hydrogen) atoms. The topological polar surface area (TPSA) is 32.6 Å². The van der Waals surface area contributed by atoms with E-state index in [0.29, 0.717) is 0 Å². The highest BCUT2D eigenvalue weighted by molar-refractivity contribution is 5.71. The van der Waals surface area contributed by atoms with Crippen molar-refractivity contribution in [2.75, 3.05) is 0 Å². The Labute approximate surface area is 90.2 Å². The number of hydrogen-bond acceptors (Lipinski definition) is 1. The molecule has 0 radical (unpaired) electrons. The molecule has 0 atom stereocenters. The van der Waals surface area contributed by atoms with Crippen LogP contribution in [0.5, 0.6) is 0 Å². The molecule has 0 amide bonds. The lowest BCUT2D eigenvalue weighted by molar-refractivity contribution is -0.677. The second kappa shape index (κ2) is 3.65. The summed E-state index contributed by atoms with van der Waals surface area (Å²) < 4.78 is 2.26. The third-order valence-corrected chi connectivity index (χ3v) is 2.83. The number of aromatic nitrogens is 3. The zero-order valence-corrected chi connectivity index (χ0v) is 9.89. The fourth-order valence-corrected chi connectivity index (χ4v) is 2.13. The standard InChI is InChI=1S/C12H17N3/c1-5-10-14-11-8(3)7-9(4)13-12(11)15(10)6-2/h7H,5-6H2,1-4H3/p+1. The molecule has 1 N–H and O–H groups in total. The molecule has 80 valence electrons. The highest BCUT2D eigenvalue weighted by Crippen LogP contribution is 2.14. The van der Waals surface area contributed by atoms with Crippen molar-refractivity contribution in [1.82, 2.24) is 9.97 Å². The first-order valence-corrected chi connectivity index (χ1v) is 5.56. The SMILES string of the molecule is CCc1[nH]c2c(C)cc(C)nc2[n+]1CC. The number of rotatable bonds is 2. The van der Waals surface area contributed by atoms with E-state index in [0.717, 1.165) is 24.3 Å². The number of nitrogens with one attached hydrogen (secondary N) is 1. The molecule has 0 fully saturated rings. The maximum absolute atomic E-state index is 4.61. The quantitative estimate of drug-likeness (QED) is 0.746. The lowest BCUT2D eigenvalue weighted by atomic mass is 10.2. The Balaban J connectivity index is 2.82. The van der Waals surface area contributed by atoms with Gasteiger partial charge in [-0.1, -0.05) is 6.92 Å². The van der Waals surface area contributed by atoms with Gasteiger partial charge >= 0.3 is 5.65 Å². The van der Waals surface area contributed by atoms with Crippen LogP contribution in [0.1, 0.15) is 30.9 Å². The molecule has 3 nitrogen and oxygen atoms in total. The van der Waals surface area contributed by atoms with Crippen molar-refractivity contribution >= 4 is 11.2 Å². The van der Waals surface area contributed by atoms with Crippen molar-refractivity contribution in [3.63, 3.8) is 0 Å². The van der Waals surface area contributed by atoms with Gasteiger partial charge in [0.2, 0.25) is 5.82 Å². The normalized spacial score (nSPS) is 11.2. The number of fused-ring (bicyclic) bond motifs is 1. The molecule has 0 saturated heterocycles. The zero-order valence-electron chi connectivity index (χ0n) is 9.89. The van der Waals surface area contributed by atoms with Crippen molar-refractivity contribution in [3.8, 4) is 0 Å². The van der Waals surface area contributed by atoms with Crippen LogP contribution in [0.3, 0.4) is 0 Å². The molecule has 2 rings (SSSR count). The van der Waals surface area contributed by atoms with Crippen LogP contribution in [0, 0.1) is 13.8 Å². The molecule has 0 aromatic carbocycles. The van der Waals surface area contributed by atoms with Gasteiger partial charge in [-0.2, -0.15) is 0 Å². The van der Waals surface area contributed by atoms with Crippen LogP contribution >= 0.6 is 0 Å². The molecule has 0 aliphatic carbocycles. The molecule has 0 spiro atoms. The van der Waals surface area contributed by atoms with E-state index in [-0.39, 0.29) is 0 Å². The molecule has 3 heteroatoms. The van der Waals surface area contributed by atoms with Gasteiger partial charge in [-0.25, -0.2) is 4.57 Å². The summed E-state index contributed by atoms with van der Waals surface area (Å²) in [6.45, 7) is 9.47. The lowest BCUT2D eigenvalue weighted by Gasteiger charge is -1.96. The average molecular weight is 204 g/mol. The number of aryl methyl sites for hydroxylation is 4. The summed E-state index contributed by atoms with van der Waals surface area (Å²) in [6, 6.07) is 2.12. The van der Waals surface area contributed by atoms with Crippen LogP contribution < -0.4 is 4.57 Å². The van der Waals surface area contributed by atoms with E-state index >= 15 is 0 Å². The number of hydrogen-bond donors (Lipinski definition) is 1. The summed E-state index contributed by atoms with van der Waals surface area (Å²) in [7, 11) is 0. The van der Waals surface area contributed by atoms with Gasteiger partial charge in [0.05, 0.1) is 6.54 Å². The Kier molecular flexibility index (Phi) is 2.47. The highest BCUT2D eigenvalue weighted by Gasteiger charge is 2.18. The van der Waals surface area contributed by atoms with Gasteiger partial charge in [-0.3, -0.25) is 4.98 Å². The van der Waals surface area contributed by atoms with Gasteiger partial charge < -0.3 is 0 Å². The van der Waals surface area contributed by atoms with E-state index in [4.69, 9.17) is 0 Å². The van der Waals surface area contributed by atoms with Gasteiger partial charge in [0.15, 0.2) is 5.52 Å². The third kappa shape index (κ3) is 1.52. The van der Waals surface area contributed by atoms with Crippen LogP contribution in [0.4, 0.5) is 0 Å². The predicted octanol–water partition coefficient (Wildman–Crippen LogP) is 2.05. The van der Waals surface area contributed by atoms with Gasteiger partial charge in [0.25, 0.3) is 0 Å². The van der Waals surface area contributed by atoms with Crippen molar-refractivity contribution in [3.05, 3.63) is 23.1 Å². The minimum absolute atomic E-state index is 0.971. The first kappa shape index (κ1) is 10.1. The first-order valence-electron chi connectivity index (χ1n) is 5.56. The number of pyridine rings is 1. The molecule has 0 saturated carbocycles. The molecule has 0 unspecified atom stereocenters. The number of nitrogens with zero attached hydrogens (tertiary/aromatic N) is 2. The van der Waals surface area contributed by atoms with Gasteiger partial charge in [0.1, 0.15) is 5.69 Å². The fraction of sp³-hybridized carbons (Fsp3) is 0.500. The smallest absolute Gasteiger partial charge is 0.271 e. The van der Waals surface area contributed by atoms with Crippen molar-refractivity contribution in [2.24, 2.45) is 0 Å². The summed E-state index contributed by atoms with van der Waals surface area (Å²) in [5.74, 6) is 1.26. The van der Waals surface area contributed by atoms with Crippen LogP contribution in [0.2, 0.25) is 0 Å². The summed E-state index contributed by atoms with van der Waals surface area (Å²) in [4.78, 5) is 8.07. The lowest BCUT2D eigenvalue weighted by Crippen LogP contribution is -2.36. The van der Waals surface area contributed by atoms with Crippen molar-refractivity contribution < 1.29 is 4.57 Å². The van der Waals surface area contributed by atoms with Crippen LogP contribution in [-0.4, -0.2) is 9.97 Å². The van der Waals surface area contributed by atoms with Crippen molar-refractivity contribution in [1.29, 1.82) is 0 Å². The Hall–Kier alpha value is -1.38. The first-order chi connectivity index (χ1) is 7.17. The van der Waals surface area contributed by atoms with E-state index < -0.39 is 0 Å². The minimum Gasteiger partial charge on any atom is -0.271 e. The summed E-state index contributed by atoms with van der Waals surface area (Å²) in [5.41, 5.74) is 4.63. The molecule has 0 bridgehead atoms. The number of imidazole rings is 1. The van der Waals surface area contributed by atoms with E-state index in [1.807, 2.05) is 6.92 Å². The molecule has 2 aromatic heterocycles. The molecule has 2 heterocycles. The maximum Gasteiger partial charge on any atom is 0.302 e. The van der Waals surface area contributed by atoms with Gasteiger partial charge in [-0.15, -0.1) is 4.98 Å². The Bertz CT molecular complexity index is 497. The summed E-state index contributed by atoms with van der Waals surface area (Å²) in [6.07, 6.45) is 1.02. The van der Waals surface area contributed by atoms with Crippen LogP contribution in [-0.2, 0) is 13.0 Å². The van der Waals surface area contributed by atoms with Crippen LogP contribution in [0.25, 0.3) is 11.2 Å². The fourth-order valence-electron chi connectivity index (χ4n) is 2.13. The molecule has 2 aromatic rings. The van der Waals surface area contributed by atoms with Gasteiger partial charge in [0, 0.05) is 6.42 Å². The molecule has 0 aliphatic rings. The summed E-state index contributed by atoms with van der Waals surface area (Å²) >= 11 is 0. The second-order valence-electron chi connectivity index (χ2n) is 3.95. The van der Waals surface area contributed by atoms with E-state index in [9.17, 15) is 0 Å². The zero-order chi connectivity index (χ0) is 11.0. The van der Waals surface area contributed by atoms with E-state index in [2.05, 4.69) is 41.4 Å². The second-order valence-corrected chi connectivity index (χ2v) is 3.95. The average Bonchev–Trinajstić information content (AvgIpc) is 2.55. The van der Waals surface area contributed by atoms with Crippen molar-refractivity contribution in [2.45, 2.75) is 40.7 Å². The molecule has 0 aliphatic heterocycles. The maximum atomic E-state index is 4.61. The Morgan fingerprint density at radius 3 is 2.67 bits per heavy atom. The Morgan fingerprint density at radius 2 is 2.07 bits per heavy atom. The number of aromatic amines is 1. The third-order valence-electron chi connectivity index (χ3n) is 2.83. The minimum atomic E-state index is 0.971. The predicted molar refractivity (Wildman–Crippen MR) is 60.8 cm³/mol. The number of H-pyrrole nitrogens is 1. The monoisotopic (exact) mass is 204 g/mol. The largest absolute Gasteiger partial charge is 0.302 e. The summed E-state index contributed by atoms with van der Waals surface area (Å²) in [5, 5.41) is 0. The molecular formula is C12H18N3+. The molecular weight excluding hydrogens is 186 g/mol.